The van der Waals surface area contributed by atoms with Crippen molar-refractivity contribution in [2.75, 3.05) is 0 Å². The number of hydrogen-bond acceptors (Lipinski definition) is 3. The number of hydrogen-bond donors (Lipinski definition) is 0. The Bertz CT molecular complexity index is 317. The van der Waals surface area contributed by atoms with Gasteiger partial charge in [0, 0.05) is 0 Å². The minimum absolute atomic E-state index is 0.498. The maximum atomic E-state index is 5.37. The third-order valence-corrected chi connectivity index (χ3v) is 1.71. The van der Waals surface area contributed by atoms with Crippen molar-refractivity contribution >= 4 is 5.76 Å². The van der Waals surface area contributed by atoms with E-state index < -0.39 is 0 Å². The molecule has 0 amide bonds. The molecule has 3 heteroatoms. The molecule has 1 aromatic heterocycles. The van der Waals surface area contributed by atoms with Gasteiger partial charge in [-0.2, -0.15) is 0 Å². The van der Waals surface area contributed by atoms with E-state index in [1.54, 1.807) is 6.08 Å². The van der Waals surface area contributed by atoms with Crippen molar-refractivity contribution in [3.8, 4) is 0 Å². The molecule has 0 saturated heterocycles. The fourth-order valence-electron chi connectivity index (χ4n) is 0.910. The number of rotatable bonds is 3. The fourth-order valence-corrected chi connectivity index (χ4v) is 0.910. The highest BCUT2D eigenvalue weighted by atomic mass is 16.5. The van der Waals surface area contributed by atoms with Crippen molar-refractivity contribution < 1.29 is 9.15 Å². The molecule has 0 unspecified atom stereocenters. The molecule has 13 heavy (non-hydrogen) atoms. The summed E-state index contributed by atoms with van der Waals surface area (Å²) in [5.41, 5.74) is 0.877. The van der Waals surface area contributed by atoms with Gasteiger partial charge in [0.1, 0.15) is 5.76 Å². The van der Waals surface area contributed by atoms with Crippen molar-refractivity contribution in [3.63, 3.8) is 0 Å². The van der Waals surface area contributed by atoms with Gasteiger partial charge in [0.05, 0.1) is 12.0 Å². The Labute approximate surface area is 77.7 Å². The van der Waals surface area contributed by atoms with E-state index in [0.29, 0.717) is 11.6 Å². The Kier molecular flexibility index (Phi) is 2.90. The highest BCUT2D eigenvalue weighted by Crippen LogP contribution is 2.18. The van der Waals surface area contributed by atoms with Crippen molar-refractivity contribution in [2.45, 2.75) is 20.8 Å². The third kappa shape index (κ3) is 1.99. The highest BCUT2D eigenvalue weighted by molar-refractivity contribution is 5.51. The van der Waals surface area contributed by atoms with Crippen LogP contribution in [0.5, 0.6) is 0 Å². The van der Waals surface area contributed by atoms with Crippen molar-refractivity contribution in [2.24, 2.45) is 0 Å². The Balaban J connectivity index is 2.99. The van der Waals surface area contributed by atoms with Gasteiger partial charge in [-0.15, -0.1) is 0 Å². The first-order chi connectivity index (χ1) is 6.19. The molecule has 0 bridgehead atoms. The first-order valence-corrected chi connectivity index (χ1v) is 4.07. The summed E-state index contributed by atoms with van der Waals surface area (Å²) in [5.74, 6) is 1.89. The van der Waals surface area contributed by atoms with Gasteiger partial charge in [-0.25, -0.2) is 4.98 Å². The Hall–Kier alpha value is -1.51. The Morgan fingerprint density at radius 2 is 2.23 bits per heavy atom. The first-order valence-electron chi connectivity index (χ1n) is 4.07. The van der Waals surface area contributed by atoms with Crippen LogP contribution in [0.4, 0.5) is 0 Å². The molecule has 0 radical (unpaired) electrons. The van der Waals surface area contributed by atoms with Gasteiger partial charge in [-0.05, 0) is 26.8 Å². The lowest BCUT2D eigenvalue weighted by Gasteiger charge is -1.98. The van der Waals surface area contributed by atoms with E-state index in [0.717, 1.165) is 11.5 Å². The lowest BCUT2D eigenvalue weighted by Crippen LogP contribution is -1.85. The van der Waals surface area contributed by atoms with Crippen molar-refractivity contribution in [3.05, 3.63) is 36.3 Å². The van der Waals surface area contributed by atoms with Crippen LogP contribution in [0.25, 0.3) is 5.76 Å². The zero-order chi connectivity index (χ0) is 9.84. The average Bonchev–Trinajstić information content (AvgIpc) is 2.43. The molecule has 0 atom stereocenters. The summed E-state index contributed by atoms with van der Waals surface area (Å²) in [5, 5.41) is 0. The van der Waals surface area contributed by atoms with E-state index in [2.05, 4.69) is 11.6 Å². The van der Waals surface area contributed by atoms with E-state index in [9.17, 15) is 0 Å². The van der Waals surface area contributed by atoms with E-state index in [4.69, 9.17) is 9.15 Å². The zero-order valence-corrected chi connectivity index (χ0v) is 8.13. The lowest BCUT2D eigenvalue weighted by molar-refractivity contribution is 0.398. The monoisotopic (exact) mass is 179 g/mol. The van der Waals surface area contributed by atoms with E-state index in [1.807, 2.05) is 20.8 Å². The second kappa shape index (κ2) is 3.94. The molecule has 0 N–H and O–H groups in total. The smallest absolute Gasteiger partial charge is 0.262 e. The molecule has 70 valence electrons. The average molecular weight is 179 g/mol. The van der Waals surface area contributed by atoms with Crippen molar-refractivity contribution in [1.29, 1.82) is 0 Å². The van der Waals surface area contributed by atoms with Gasteiger partial charge < -0.3 is 9.15 Å². The molecule has 1 aromatic rings. The van der Waals surface area contributed by atoms with Gasteiger partial charge in [0.15, 0.2) is 5.76 Å². The zero-order valence-electron chi connectivity index (χ0n) is 8.13. The summed E-state index contributed by atoms with van der Waals surface area (Å²) in [6, 6.07) is 0. The quantitative estimate of drug-likeness (QED) is 0.669. The standard InChI is InChI=1S/C10H13NO2/c1-5-9(12-6-2)10-11-7(3)8(4)13-10/h5-6H,2H2,1,3-4H3/b9-5-. The van der Waals surface area contributed by atoms with Crippen LogP contribution in [0.3, 0.4) is 0 Å². The summed E-state index contributed by atoms with van der Waals surface area (Å²) < 4.78 is 10.5. The number of ether oxygens (including phenoxy) is 1. The van der Waals surface area contributed by atoms with Gasteiger partial charge in [0.25, 0.3) is 5.89 Å². The van der Waals surface area contributed by atoms with E-state index in [1.165, 1.54) is 6.26 Å². The Morgan fingerprint density at radius 1 is 1.54 bits per heavy atom. The SMILES string of the molecule is C=CO/C(=C\C)c1nc(C)c(C)o1. The number of aromatic nitrogens is 1. The molecule has 0 aliphatic heterocycles. The predicted molar refractivity (Wildman–Crippen MR) is 50.9 cm³/mol. The topological polar surface area (TPSA) is 35.3 Å². The number of nitrogens with zero attached hydrogens (tertiary/aromatic N) is 1. The normalized spacial score (nSPS) is 11.5. The highest BCUT2D eigenvalue weighted by Gasteiger charge is 2.10. The summed E-state index contributed by atoms with van der Waals surface area (Å²) in [4.78, 5) is 4.19. The molecule has 0 aliphatic carbocycles. The maximum absolute atomic E-state index is 5.37. The molecule has 3 nitrogen and oxygen atoms in total. The molecular formula is C10H13NO2. The van der Waals surface area contributed by atoms with Crippen LogP contribution < -0.4 is 0 Å². The minimum Gasteiger partial charge on any atom is -0.460 e. The molecule has 0 aliphatic rings. The van der Waals surface area contributed by atoms with Crippen LogP contribution >= 0.6 is 0 Å². The second-order valence-corrected chi connectivity index (χ2v) is 2.60. The third-order valence-electron chi connectivity index (χ3n) is 1.71. The molecule has 0 spiro atoms. The summed E-state index contributed by atoms with van der Waals surface area (Å²) in [6.45, 7) is 9.09. The van der Waals surface area contributed by atoms with Crippen LogP contribution in [0.15, 0.2) is 23.3 Å². The fraction of sp³-hybridized carbons (Fsp3) is 0.300. The minimum atomic E-state index is 0.498. The molecule has 0 aromatic carbocycles. The summed E-state index contributed by atoms with van der Waals surface area (Å²) in [6.07, 6.45) is 3.14. The number of aryl methyl sites for hydroxylation is 2. The van der Waals surface area contributed by atoms with Crippen LogP contribution in [-0.2, 0) is 4.74 Å². The first kappa shape index (κ1) is 9.58. The summed E-state index contributed by atoms with van der Waals surface area (Å²) >= 11 is 0. The number of oxazole rings is 1. The molecular weight excluding hydrogens is 166 g/mol. The largest absolute Gasteiger partial charge is 0.460 e. The molecule has 0 fully saturated rings. The van der Waals surface area contributed by atoms with Gasteiger partial charge in [0.2, 0.25) is 0 Å². The van der Waals surface area contributed by atoms with Crippen molar-refractivity contribution in [1.82, 2.24) is 4.98 Å². The second-order valence-electron chi connectivity index (χ2n) is 2.60. The molecule has 0 saturated carbocycles. The lowest BCUT2D eigenvalue weighted by atomic mass is 10.4. The van der Waals surface area contributed by atoms with Crippen LogP contribution in [-0.4, -0.2) is 4.98 Å². The van der Waals surface area contributed by atoms with Gasteiger partial charge >= 0.3 is 0 Å². The van der Waals surface area contributed by atoms with E-state index in [-0.39, 0.29) is 0 Å². The maximum Gasteiger partial charge on any atom is 0.262 e. The predicted octanol–water partition coefficient (Wildman–Crippen LogP) is 2.81. The van der Waals surface area contributed by atoms with Gasteiger partial charge in [-0.1, -0.05) is 6.58 Å². The molecule has 1 heterocycles. The van der Waals surface area contributed by atoms with Crippen LogP contribution in [0.2, 0.25) is 0 Å². The van der Waals surface area contributed by atoms with E-state index >= 15 is 0 Å². The Morgan fingerprint density at radius 3 is 2.62 bits per heavy atom. The summed E-state index contributed by atoms with van der Waals surface area (Å²) in [7, 11) is 0. The van der Waals surface area contributed by atoms with Gasteiger partial charge in [-0.3, -0.25) is 0 Å². The van der Waals surface area contributed by atoms with Crippen LogP contribution in [0, 0.1) is 13.8 Å². The van der Waals surface area contributed by atoms with Crippen LogP contribution in [0.1, 0.15) is 24.3 Å². The number of allylic oxidation sites excluding steroid dienone is 1. The molecule has 1 rings (SSSR count).